The molecule has 0 heterocycles. The second-order valence-corrected chi connectivity index (χ2v) is 5.98. The molecule has 0 fully saturated rings. The van der Waals surface area contributed by atoms with Crippen molar-refractivity contribution >= 4 is 18.0 Å². The quantitative estimate of drug-likeness (QED) is 0.271. The molecule has 0 saturated carbocycles. The van der Waals surface area contributed by atoms with Crippen molar-refractivity contribution in [3.63, 3.8) is 0 Å². The molecular weight excluding hydrogens is 298 g/mol. The number of hydrogen-bond donors (Lipinski definition) is 3. The van der Waals surface area contributed by atoms with Crippen molar-refractivity contribution in [1.82, 2.24) is 20.9 Å². The Kier molecular flexibility index (Phi) is 9.45. The molecule has 132 valence electrons. The zero-order valence-electron chi connectivity index (χ0n) is 14.7. The number of carbonyl (C=O) groups excluding carboxylic acids is 2. The maximum Gasteiger partial charge on any atom is 0.407 e. The molecule has 0 aliphatic heterocycles. The first kappa shape index (κ1) is 20.8. The number of carbonyl (C=O) groups is 2. The summed E-state index contributed by atoms with van der Waals surface area (Å²) in [5, 5.41) is 8.65. The van der Waals surface area contributed by atoms with Crippen LogP contribution in [0.1, 0.15) is 20.8 Å². The van der Waals surface area contributed by atoms with Crippen molar-refractivity contribution in [3.8, 4) is 0 Å². The number of aliphatic imine (C=N–C) groups is 1. The highest BCUT2D eigenvalue weighted by Crippen LogP contribution is 2.05. The van der Waals surface area contributed by atoms with Crippen LogP contribution in [0.15, 0.2) is 17.6 Å². The Balaban J connectivity index is 4.24. The van der Waals surface area contributed by atoms with E-state index in [1.165, 1.54) is 4.90 Å². The Morgan fingerprint density at radius 2 is 1.78 bits per heavy atom. The van der Waals surface area contributed by atoms with Gasteiger partial charge in [0.2, 0.25) is 5.91 Å². The van der Waals surface area contributed by atoms with Crippen LogP contribution in [-0.2, 0) is 9.53 Å². The van der Waals surface area contributed by atoms with Gasteiger partial charge in [0, 0.05) is 33.7 Å². The van der Waals surface area contributed by atoms with Gasteiger partial charge in [-0.1, -0.05) is 6.08 Å². The van der Waals surface area contributed by atoms with E-state index in [4.69, 9.17) is 4.74 Å². The van der Waals surface area contributed by atoms with Crippen LogP contribution >= 0.6 is 0 Å². The number of ether oxygens (including phenoxy) is 1. The van der Waals surface area contributed by atoms with E-state index in [-0.39, 0.29) is 12.5 Å². The number of nitrogens with one attached hydrogen (secondary N) is 3. The van der Waals surface area contributed by atoms with E-state index in [1.807, 2.05) is 0 Å². The highest BCUT2D eigenvalue weighted by atomic mass is 16.6. The summed E-state index contributed by atoms with van der Waals surface area (Å²) < 4.78 is 5.13. The van der Waals surface area contributed by atoms with Gasteiger partial charge in [-0.3, -0.25) is 4.79 Å². The molecule has 0 unspecified atom stereocenters. The largest absolute Gasteiger partial charge is 0.444 e. The lowest BCUT2D eigenvalue weighted by molar-refractivity contribution is -0.127. The first-order valence-electron chi connectivity index (χ1n) is 7.46. The average molecular weight is 327 g/mol. The third-order valence-corrected chi connectivity index (χ3v) is 2.37. The lowest BCUT2D eigenvalue weighted by Gasteiger charge is -2.20. The molecule has 0 rings (SSSR count). The van der Waals surface area contributed by atoms with E-state index in [0.717, 1.165) is 0 Å². The Morgan fingerprint density at radius 1 is 1.17 bits per heavy atom. The van der Waals surface area contributed by atoms with E-state index in [1.54, 1.807) is 40.9 Å². The summed E-state index contributed by atoms with van der Waals surface area (Å²) in [6, 6.07) is 0. The average Bonchev–Trinajstić information content (AvgIpc) is 2.42. The van der Waals surface area contributed by atoms with Crippen molar-refractivity contribution in [3.05, 3.63) is 12.7 Å². The minimum absolute atomic E-state index is 0.0406. The van der Waals surface area contributed by atoms with Gasteiger partial charge < -0.3 is 25.6 Å². The van der Waals surface area contributed by atoms with E-state index in [9.17, 15) is 9.59 Å². The highest BCUT2D eigenvalue weighted by molar-refractivity contribution is 5.84. The van der Waals surface area contributed by atoms with Crippen LogP contribution in [0.3, 0.4) is 0 Å². The van der Waals surface area contributed by atoms with Crippen LogP contribution < -0.4 is 16.0 Å². The number of amides is 2. The maximum absolute atomic E-state index is 11.5. The molecule has 0 spiro atoms. The van der Waals surface area contributed by atoms with Gasteiger partial charge in [0.15, 0.2) is 5.96 Å². The Bertz CT molecular complexity index is 427. The Labute approximate surface area is 138 Å². The fourth-order valence-corrected chi connectivity index (χ4v) is 1.29. The van der Waals surface area contributed by atoms with Gasteiger partial charge >= 0.3 is 6.09 Å². The summed E-state index contributed by atoms with van der Waals surface area (Å²) in [4.78, 5) is 28.7. The summed E-state index contributed by atoms with van der Waals surface area (Å²) in [7, 11) is 3.35. The van der Waals surface area contributed by atoms with Crippen molar-refractivity contribution in [2.24, 2.45) is 4.99 Å². The Hall–Kier alpha value is -2.25. The topological polar surface area (TPSA) is 95.1 Å². The first-order chi connectivity index (χ1) is 10.7. The van der Waals surface area contributed by atoms with Gasteiger partial charge in [0.05, 0.1) is 0 Å². The third-order valence-electron chi connectivity index (χ3n) is 2.37. The molecule has 0 aromatic heterocycles. The van der Waals surface area contributed by atoms with Crippen LogP contribution in [0.25, 0.3) is 0 Å². The molecule has 0 aliphatic carbocycles. The second kappa shape index (κ2) is 10.5. The van der Waals surface area contributed by atoms with Gasteiger partial charge in [-0.15, -0.1) is 6.58 Å². The third kappa shape index (κ3) is 12.0. The van der Waals surface area contributed by atoms with Gasteiger partial charge in [-0.05, 0) is 20.8 Å². The van der Waals surface area contributed by atoms with Crippen LogP contribution in [0, 0.1) is 0 Å². The fourth-order valence-electron chi connectivity index (χ4n) is 1.29. The molecular formula is C15H29N5O3. The molecule has 0 saturated heterocycles. The lowest BCUT2D eigenvalue weighted by atomic mass is 10.2. The molecule has 0 bridgehead atoms. The number of rotatable bonds is 7. The van der Waals surface area contributed by atoms with Crippen LogP contribution in [0.2, 0.25) is 0 Å². The van der Waals surface area contributed by atoms with E-state index in [0.29, 0.717) is 25.6 Å². The zero-order chi connectivity index (χ0) is 17.9. The molecule has 3 N–H and O–H groups in total. The fraction of sp³-hybridized carbons (Fsp3) is 0.667. The van der Waals surface area contributed by atoms with Gasteiger partial charge in [-0.2, -0.15) is 0 Å². The van der Waals surface area contributed by atoms with Gasteiger partial charge in [0.1, 0.15) is 12.1 Å². The molecule has 0 atom stereocenters. The number of alkyl carbamates (subject to hydrolysis) is 1. The van der Waals surface area contributed by atoms with E-state index in [2.05, 4.69) is 27.5 Å². The van der Waals surface area contributed by atoms with Crippen LogP contribution in [0.5, 0.6) is 0 Å². The van der Waals surface area contributed by atoms with Crippen LogP contribution in [0.4, 0.5) is 4.79 Å². The monoisotopic (exact) mass is 327 g/mol. The van der Waals surface area contributed by atoms with Gasteiger partial charge in [-0.25, -0.2) is 9.79 Å². The molecule has 23 heavy (non-hydrogen) atoms. The SMILES string of the molecule is C=CCNC(=NCC(=O)N(C)C)NCCNC(=O)OC(C)(C)C. The zero-order valence-corrected chi connectivity index (χ0v) is 14.7. The maximum atomic E-state index is 11.5. The lowest BCUT2D eigenvalue weighted by Crippen LogP contribution is -2.43. The summed E-state index contributed by atoms with van der Waals surface area (Å²) in [5.74, 6) is 0.377. The molecule has 0 aliphatic rings. The summed E-state index contributed by atoms with van der Waals surface area (Å²) in [6.07, 6.45) is 1.21. The summed E-state index contributed by atoms with van der Waals surface area (Å²) in [6.45, 7) is 10.4. The number of guanidine groups is 1. The number of likely N-dealkylation sites (N-methyl/N-ethyl adjacent to an activating group) is 1. The van der Waals surface area contributed by atoms with Crippen LogP contribution in [-0.4, -0.2) is 68.7 Å². The summed E-state index contributed by atoms with van der Waals surface area (Å²) in [5.41, 5.74) is -0.526. The predicted molar refractivity (Wildman–Crippen MR) is 91.4 cm³/mol. The van der Waals surface area contributed by atoms with Crippen molar-refractivity contribution in [2.75, 3.05) is 40.3 Å². The minimum atomic E-state index is -0.526. The molecule has 8 nitrogen and oxygen atoms in total. The van der Waals surface area contributed by atoms with Crippen molar-refractivity contribution in [2.45, 2.75) is 26.4 Å². The van der Waals surface area contributed by atoms with Crippen molar-refractivity contribution < 1.29 is 14.3 Å². The van der Waals surface area contributed by atoms with Crippen molar-refractivity contribution in [1.29, 1.82) is 0 Å². The van der Waals surface area contributed by atoms with E-state index >= 15 is 0 Å². The molecule has 0 aromatic rings. The molecule has 0 radical (unpaired) electrons. The molecule has 0 aromatic carbocycles. The minimum Gasteiger partial charge on any atom is -0.444 e. The smallest absolute Gasteiger partial charge is 0.407 e. The predicted octanol–water partition coefficient (Wildman–Crippen LogP) is 0.321. The second-order valence-electron chi connectivity index (χ2n) is 5.98. The Morgan fingerprint density at radius 3 is 2.30 bits per heavy atom. The normalized spacial score (nSPS) is 11.4. The summed E-state index contributed by atoms with van der Waals surface area (Å²) >= 11 is 0. The van der Waals surface area contributed by atoms with E-state index < -0.39 is 11.7 Å². The number of hydrogen-bond acceptors (Lipinski definition) is 4. The van der Waals surface area contributed by atoms with Gasteiger partial charge in [0.25, 0.3) is 0 Å². The standard InChI is InChI=1S/C15H29N5O3/c1-7-8-16-13(19-11-12(21)20(5)6)17-9-10-18-14(22)23-15(2,3)4/h7H,1,8-11H2,2-6H3,(H,18,22)(H2,16,17,19). The number of nitrogens with zero attached hydrogens (tertiary/aromatic N) is 2. The first-order valence-corrected chi connectivity index (χ1v) is 7.46. The molecule has 2 amide bonds. The molecule has 8 heteroatoms. The highest BCUT2D eigenvalue weighted by Gasteiger charge is 2.15.